The molecule has 2 rings (SSSR count). The number of hydrogen-bond acceptors (Lipinski definition) is 1. The number of hydrogen-bond donors (Lipinski definition) is 0. The van der Waals surface area contributed by atoms with E-state index in [-0.39, 0.29) is 0 Å². The third-order valence-corrected chi connectivity index (χ3v) is 5.82. The zero-order chi connectivity index (χ0) is 9.97. The Morgan fingerprint density at radius 2 is 1.93 bits per heavy atom. The van der Waals surface area contributed by atoms with E-state index < -0.39 is 0 Å². The van der Waals surface area contributed by atoms with E-state index >= 15 is 0 Å². The second-order valence-electron chi connectivity index (χ2n) is 3.64. The summed E-state index contributed by atoms with van der Waals surface area (Å²) in [5.41, 5.74) is 1.45. The first kappa shape index (κ1) is 11.0. The van der Waals surface area contributed by atoms with Crippen molar-refractivity contribution in [2.45, 2.75) is 11.2 Å². The summed E-state index contributed by atoms with van der Waals surface area (Å²) in [5.74, 6) is 3.37. The summed E-state index contributed by atoms with van der Waals surface area (Å²) in [5, 5.41) is 0. The van der Waals surface area contributed by atoms with Gasteiger partial charge in [-0.3, -0.25) is 0 Å². The number of rotatable bonds is 2. The van der Waals surface area contributed by atoms with Crippen LogP contribution in [0.1, 0.15) is 5.56 Å². The third kappa shape index (κ3) is 2.77. The Hall–Kier alpha value is 0.530. The van der Waals surface area contributed by atoms with Crippen molar-refractivity contribution in [1.82, 2.24) is 0 Å². The fraction of sp³-hybridized carbons (Fsp3) is 0.455. The fourth-order valence-electron chi connectivity index (χ4n) is 1.68. The maximum Gasteiger partial charge on any atom is 0.0275 e. The quantitative estimate of drug-likeness (QED) is 0.733. The molecular weight excluding hydrogens is 324 g/mol. The summed E-state index contributed by atoms with van der Waals surface area (Å²) in [6.07, 6.45) is 1.20. The molecule has 0 nitrogen and oxygen atoms in total. The maximum atomic E-state index is 3.75. The van der Waals surface area contributed by atoms with Crippen molar-refractivity contribution in [2.24, 2.45) is 5.92 Å². The molecule has 0 spiro atoms. The minimum absolute atomic E-state index is 0.705. The summed E-state index contributed by atoms with van der Waals surface area (Å²) < 4.78 is 1.16. The van der Waals surface area contributed by atoms with Gasteiger partial charge in [0.25, 0.3) is 0 Å². The van der Waals surface area contributed by atoms with Gasteiger partial charge in [0.2, 0.25) is 0 Å². The van der Waals surface area contributed by atoms with Gasteiger partial charge in [0.15, 0.2) is 0 Å². The first-order chi connectivity index (χ1) is 6.75. The topological polar surface area (TPSA) is 0 Å². The van der Waals surface area contributed by atoms with Crippen molar-refractivity contribution in [3.8, 4) is 0 Å². The number of alkyl halides is 1. The molecule has 0 aromatic heterocycles. The first-order valence-corrected chi connectivity index (χ1v) is 7.58. The first-order valence-electron chi connectivity index (χ1n) is 4.72. The lowest BCUT2D eigenvalue weighted by Gasteiger charge is -2.12. The molecule has 0 bridgehead atoms. The molecule has 0 aliphatic carbocycles. The van der Waals surface area contributed by atoms with E-state index in [2.05, 4.69) is 67.9 Å². The molecule has 76 valence electrons. The summed E-state index contributed by atoms with van der Waals surface area (Å²) in [7, 11) is 0. The van der Waals surface area contributed by atoms with Gasteiger partial charge in [0, 0.05) is 15.1 Å². The van der Waals surface area contributed by atoms with Crippen LogP contribution in [0.2, 0.25) is 0 Å². The highest BCUT2D eigenvalue weighted by Crippen LogP contribution is 2.32. The van der Waals surface area contributed by atoms with E-state index in [0.29, 0.717) is 4.83 Å². The highest BCUT2D eigenvalue weighted by Gasteiger charge is 2.25. The Balaban J connectivity index is 2.00. The molecule has 2 atom stereocenters. The Morgan fingerprint density at radius 1 is 1.21 bits per heavy atom. The molecule has 3 heteroatoms. The summed E-state index contributed by atoms with van der Waals surface area (Å²) in [6, 6.07) is 8.68. The molecule has 1 aromatic rings. The normalized spacial score (nSPS) is 26.7. The molecule has 1 aliphatic heterocycles. The zero-order valence-corrected chi connectivity index (χ0v) is 11.7. The second kappa shape index (κ2) is 5.04. The lowest BCUT2D eigenvalue weighted by molar-refractivity contribution is 0.616. The average Bonchev–Trinajstić information content (AvgIpc) is 2.56. The lowest BCUT2D eigenvalue weighted by atomic mass is 9.99. The van der Waals surface area contributed by atoms with Crippen molar-refractivity contribution < 1.29 is 0 Å². The van der Waals surface area contributed by atoms with Gasteiger partial charge < -0.3 is 0 Å². The lowest BCUT2D eigenvalue weighted by Crippen LogP contribution is -2.14. The van der Waals surface area contributed by atoms with Crippen LogP contribution in [-0.2, 0) is 6.42 Å². The number of benzene rings is 1. The van der Waals surface area contributed by atoms with Crippen LogP contribution in [0, 0.1) is 5.92 Å². The number of thioether (sulfide) groups is 1. The van der Waals surface area contributed by atoms with Gasteiger partial charge in [-0.2, -0.15) is 11.8 Å². The third-order valence-electron chi connectivity index (χ3n) is 2.53. The van der Waals surface area contributed by atoms with Crippen LogP contribution in [0.4, 0.5) is 0 Å². The predicted molar refractivity (Wildman–Crippen MR) is 71.4 cm³/mol. The Kier molecular flexibility index (Phi) is 3.97. The number of halogens is 2. The summed E-state index contributed by atoms with van der Waals surface area (Å²) in [4.78, 5) is 0.705. The van der Waals surface area contributed by atoms with Gasteiger partial charge in [-0.15, -0.1) is 0 Å². The van der Waals surface area contributed by atoms with Crippen LogP contribution in [0.15, 0.2) is 28.7 Å². The van der Waals surface area contributed by atoms with Crippen LogP contribution in [0.3, 0.4) is 0 Å². The van der Waals surface area contributed by atoms with Crippen LogP contribution >= 0.6 is 43.6 Å². The zero-order valence-electron chi connectivity index (χ0n) is 7.75. The van der Waals surface area contributed by atoms with Crippen LogP contribution in [0.25, 0.3) is 0 Å². The largest absolute Gasteiger partial charge is 0.160 e. The SMILES string of the molecule is Brc1ccc(CC2CSCC2Br)cc1. The van der Waals surface area contributed by atoms with Gasteiger partial charge in [-0.05, 0) is 35.8 Å². The van der Waals surface area contributed by atoms with Gasteiger partial charge in [-0.25, -0.2) is 0 Å². The molecule has 1 saturated heterocycles. The Labute approximate surface area is 106 Å². The molecule has 1 fully saturated rings. The van der Waals surface area contributed by atoms with Gasteiger partial charge in [0.05, 0.1) is 0 Å². The highest BCUT2D eigenvalue weighted by molar-refractivity contribution is 9.10. The van der Waals surface area contributed by atoms with Crippen molar-refractivity contribution in [3.63, 3.8) is 0 Å². The van der Waals surface area contributed by atoms with Crippen molar-refractivity contribution in [1.29, 1.82) is 0 Å². The highest BCUT2D eigenvalue weighted by atomic mass is 79.9. The molecule has 0 radical (unpaired) electrons. The molecule has 0 N–H and O–H groups in total. The summed E-state index contributed by atoms with van der Waals surface area (Å²) >= 11 is 9.26. The van der Waals surface area contributed by atoms with Gasteiger partial charge in [0.1, 0.15) is 0 Å². The molecule has 1 aromatic carbocycles. The van der Waals surface area contributed by atoms with E-state index in [4.69, 9.17) is 0 Å². The molecule has 0 saturated carbocycles. The van der Waals surface area contributed by atoms with Crippen LogP contribution < -0.4 is 0 Å². The van der Waals surface area contributed by atoms with Crippen LogP contribution in [0.5, 0.6) is 0 Å². The van der Waals surface area contributed by atoms with Crippen molar-refractivity contribution in [2.75, 3.05) is 11.5 Å². The Bertz CT molecular complexity index is 297. The van der Waals surface area contributed by atoms with Gasteiger partial charge >= 0.3 is 0 Å². The molecule has 14 heavy (non-hydrogen) atoms. The van der Waals surface area contributed by atoms with E-state index in [0.717, 1.165) is 10.4 Å². The van der Waals surface area contributed by atoms with E-state index in [1.165, 1.54) is 23.5 Å². The summed E-state index contributed by atoms with van der Waals surface area (Å²) in [6.45, 7) is 0. The minimum Gasteiger partial charge on any atom is -0.160 e. The monoisotopic (exact) mass is 334 g/mol. The Morgan fingerprint density at radius 3 is 2.50 bits per heavy atom. The maximum absolute atomic E-state index is 3.75. The predicted octanol–water partition coefficient (Wildman–Crippen LogP) is 4.12. The molecular formula is C11H12Br2S. The molecule has 0 amide bonds. The van der Waals surface area contributed by atoms with Crippen molar-refractivity contribution in [3.05, 3.63) is 34.3 Å². The smallest absolute Gasteiger partial charge is 0.0275 e. The molecule has 1 heterocycles. The van der Waals surface area contributed by atoms with E-state index in [1.807, 2.05) is 0 Å². The average molecular weight is 336 g/mol. The second-order valence-corrected chi connectivity index (χ2v) is 6.81. The molecule has 2 unspecified atom stereocenters. The van der Waals surface area contributed by atoms with E-state index in [9.17, 15) is 0 Å². The minimum atomic E-state index is 0.705. The van der Waals surface area contributed by atoms with Crippen molar-refractivity contribution >= 4 is 43.6 Å². The van der Waals surface area contributed by atoms with Crippen LogP contribution in [-0.4, -0.2) is 16.3 Å². The van der Waals surface area contributed by atoms with E-state index in [1.54, 1.807) is 0 Å². The standard InChI is InChI=1S/C11H12Br2S/c12-10-3-1-8(2-4-10)5-9-6-14-7-11(9)13/h1-4,9,11H,5-7H2. The molecule has 1 aliphatic rings. The fourth-order valence-corrected chi connectivity index (χ4v) is 4.42. The van der Waals surface area contributed by atoms with Gasteiger partial charge in [-0.1, -0.05) is 44.0 Å².